The number of nitrogens with two attached hydrogens (primary N) is 1. The first-order valence-electron chi connectivity index (χ1n) is 7.15. The lowest BCUT2D eigenvalue weighted by atomic mass is 9.93. The molecule has 1 saturated heterocycles. The fourth-order valence-corrected chi connectivity index (χ4v) is 2.46. The number of hydrogen-bond donors (Lipinski definition) is 2. The quantitative estimate of drug-likeness (QED) is 0.790. The molecule has 1 heterocycles. The van der Waals surface area contributed by atoms with Gasteiger partial charge >= 0.3 is 0 Å². The highest BCUT2D eigenvalue weighted by Gasteiger charge is 2.27. The van der Waals surface area contributed by atoms with Gasteiger partial charge in [-0.15, -0.1) is 0 Å². The van der Waals surface area contributed by atoms with E-state index in [0.717, 1.165) is 19.4 Å². The summed E-state index contributed by atoms with van der Waals surface area (Å²) in [5.41, 5.74) is 5.73. The van der Waals surface area contributed by atoms with Crippen LogP contribution in [-0.4, -0.2) is 41.9 Å². The minimum atomic E-state index is -0.549. The number of carbonyl (C=O) groups excluding carboxylic acids is 2. The molecule has 1 fully saturated rings. The fourth-order valence-electron chi connectivity index (χ4n) is 2.46. The normalized spacial score (nSPS) is 25.3. The molecule has 0 spiro atoms. The zero-order valence-electron chi connectivity index (χ0n) is 12.5. The SMILES string of the molecule is CC1CCN(C(=O)CNC(=O)[C@@H](N)C(C)C)C(C)C1. The highest BCUT2D eigenvalue weighted by Crippen LogP contribution is 2.21. The Labute approximate surface area is 115 Å². The van der Waals surface area contributed by atoms with E-state index in [0.29, 0.717) is 5.92 Å². The molecule has 1 rings (SSSR count). The van der Waals surface area contributed by atoms with Gasteiger partial charge in [0.25, 0.3) is 0 Å². The Morgan fingerprint density at radius 2 is 2.00 bits per heavy atom. The summed E-state index contributed by atoms with van der Waals surface area (Å²) in [6.45, 7) is 8.89. The van der Waals surface area contributed by atoms with E-state index in [9.17, 15) is 9.59 Å². The van der Waals surface area contributed by atoms with Crippen LogP contribution in [0.3, 0.4) is 0 Å². The molecule has 0 aliphatic carbocycles. The van der Waals surface area contributed by atoms with Crippen LogP contribution in [0, 0.1) is 11.8 Å². The van der Waals surface area contributed by atoms with Gasteiger partial charge in [-0.05, 0) is 31.6 Å². The molecule has 1 aliphatic rings. The number of nitrogens with one attached hydrogen (secondary N) is 1. The summed E-state index contributed by atoms with van der Waals surface area (Å²) in [7, 11) is 0. The van der Waals surface area contributed by atoms with Crippen molar-refractivity contribution in [3.8, 4) is 0 Å². The monoisotopic (exact) mass is 269 g/mol. The van der Waals surface area contributed by atoms with E-state index in [2.05, 4.69) is 19.2 Å². The maximum absolute atomic E-state index is 12.1. The van der Waals surface area contributed by atoms with E-state index in [1.807, 2.05) is 18.7 Å². The molecule has 0 radical (unpaired) electrons. The minimum Gasteiger partial charge on any atom is -0.346 e. The molecule has 0 saturated carbocycles. The number of amides is 2. The molecule has 0 aromatic rings. The molecule has 3 N–H and O–H groups in total. The van der Waals surface area contributed by atoms with Crippen molar-refractivity contribution in [3.05, 3.63) is 0 Å². The molecule has 1 aliphatic heterocycles. The summed E-state index contributed by atoms with van der Waals surface area (Å²) >= 11 is 0. The van der Waals surface area contributed by atoms with Gasteiger partial charge in [0, 0.05) is 12.6 Å². The van der Waals surface area contributed by atoms with Crippen molar-refractivity contribution < 1.29 is 9.59 Å². The van der Waals surface area contributed by atoms with Gasteiger partial charge in [0.05, 0.1) is 12.6 Å². The smallest absolute Gasteiger partial charge is 0.242 e. The van der Waals surface area contributed by atoms with Crippen molar-refractivity contribution in [1.82, 2.24) is 10.2 Å². The molecule has 0 bridgehead atoms. The highest BCUT2D eigenvalue weighted by atomic mass is 16.2. The van der Waals surface area contributed by atoms with E-state index >= 15 is 0 Å². The summed E-state index contributed by atoms with van der Waals surface area (Å²) in [6, 6.07) is -0.293. The summed E-state index contributed by atoms with van der Waals surface area (Å²) in [5, 5.41) is 2.64. The largest absolute Gasteiger partial charge is 0.346 e. The average molecular weight is 269 g/mol. The Kier molecular flexibility index (Phi) is 5.79. The lowest BCUT2D eigenvalue weighted by Gasteiger charge is -2.36. The molecule has 5 nitrogen and oxygen atoms in total. The lowest BCUT2D eigenvalue weighted by molar-refractivity contribution is -0.136. The summed E-state index contributed by atoms with van der Waals surface area (Å²) in [5.74, 6) is 0.484. The molecule has 110 valence electrons. The molecule has 2 unspecified atom stereocenters. The third-order valence-corrected chi connectivity index (χ3v) is 3.89. The molecule has 0 aromatic carbocycles. The molecule has 2 amide bonds. The minimum absolute atomic E-state index is 0.0105. The number of piperidine rings is 1. The van der Waals surface area contributed by atoms with Gasteiger partial charge in [-0.3, -0.25) is 9.59 Å². The molecule has 3 atom stereocenters. The zero-order chi connectivity index (χ0) is 14.6. The second kappa shape index (κ2) is 6.89. The topological polar surface area (TPSA) is 75.4 Å². The Balaban J connectivity index is 2.41. The first kappa shape index (κ1) is 16.0. The van der Waals surface area contributed by atoms with Crippen molar-refractivity contribution in [2.24, 2.45) is 17.6 Å². The molecule has 5 heteroatoms. The predicted octanol–water partition coefficient (Wildman–Crippen LogP) is 0.733. The van der Waals surface area contributed by atoms with Crippen molar-refractivity contribution in [1.29, 1.82) is 0 Å². The van der Waals surface area contributed by atoms with Crippen LogP contribution in [0.1, 0.15) is 40.5 Å². The van der Waals surface area contributed by atoms with Crippen LogP contribution in [0.25, 0.3) is 0 Å². The summed E-state index contributed by atoms with van der Waals surface area (Å²) in [6.07, 6.45) is 2.07. The van der Waals surface area contributed by atoms with Gasteiger partial charge in [-0.25, -0.2) is 0 Å². The number of nitrogens with zero attached hydrogens (tertiary/aromatic N) is 1. The van der Waals surface area contributed by atoms with Gasteiger partial charge in [-0.2, -0.15) is 0 Å². The Morgan fingerprint density at radius 1 is 1.37 bits per heavy atom. The molecule has 19 heavy (non-hydrogen) atoms. The van der Waals surface area contributed by atoms with Gasteiger partial charge in [0.15, 0.2) is 0 Å². The second-order valence-electron chi connectivity index (χ2n) is 6.05. The van der Waals surface area contributed by atoms with E-state index in [4.69, 9.17) is 5.73 Å². The van der Waals surface area contributed by atoms with Gasteiger partial charge in [-0.1, -0.05) is 20.8 Å². The van der Waals surface area contributed by atoms with E-state index < -0.39 is 6.04 Å². The van der Waals surface area contributed by atoms with E-state index in [1.165, 1.54) is 0 Å². The zero-order valence-corrected chi connectivity index (χ0v) is 12.5. The van der Waals surface area contributed by atoms with Crippen LogP contribution in [0.4, 0.5) is 0 Å². The van der Waals surface area contributed by atoms with Crippen LogP contribution >= 0.6 is 0 Å². The first-order chi connectivity index (χ1) is 8.82. The predicted molar refractivity (Wildman–Crippen MR) is 75.4 cm³/mol. The van der Waals surface area contributed by atoms with Crippen LogP contribution in [-0.2, 0) is 9.59 Å². The third kappa shape index (κ3) is 4.49. The second-order valence-corrected chi connectivity index (χ2v) is 6.05. The van der Waals surface area contributed by atoms with Crippen LogP contribution < -0.4 is 11.1 Å². The Bertz CT molecular complexity index is 331. The standard InChI is InChI=1S/C14H27N3O2/c1-9(2)13(15)14(19)16-8-12(18)17-6-5-10(3)7-11(17)4/h9-11,13H,5-8,15H2,1-4H3,(H,16,19)/t10?,11?,13-/m0/s1. The van der Waals surface area contributed by atoms with Crippen molar-refractivity contribution in [3.63, 3.8) is 0 Å². The number of hydrogen-bond acceptors (Lipinski definition) is 3. The van der Waals surface area contributed by atoms with Gasteiger partial charge in [0.1, 0.15) is 0 Å². The lowest BCUT2D eigenvalue weighted by Crippen LogP contribution is -2.51. The summed E-state index contributed by atoms with van der Waals surface area (Å²) < 4.78 is 0. The van der Waals surface area contributed by atoms with Crippen LogP contribution in [0.5, 0.6) is 0 Å². The molecular weight excluding hydrogens is 242 g/mol. The van der Waals surface area contributed by atoms with Gasteiger partial charge < -0.3 is 16.0 Å². The van der Waals surface area contributed by atoms with Crippen LogP contribution in [0.15, 0.2) is 0 Å². The van der Waals surface area contributed by atoms with Crippen molar-refractivity contribution in [2.75, 3.05) is 13.1 Å². The third-order valence-electron chi connectivity index (χ3n) is 3.89. The maximum atomic E-state index is 12.1. The molecular formula is C14H27N3O2. The first-order valence-corrected chi connectivity index (χ1v) is 7.15. The maximum Gasteiger partial charge on any atom is 0.242 e. The number of likely N-dealkylation sites (tertiary alicyclic amines) is 1. The van der Waals surface area contributed by atoms with E-state index in [1.54, 1.807) is 0 Å². The summed E-state index contributed by atoms with van der Waals surface area (Å²) in [4.78, 5) is 25.6. The number of rotatable bonds is 4. The van der Waals surface area contributed by atoms with E-state index in [-0.39, 0.29) is 30.3 Å². The highest BCUT2D eigenvalue weighted by molar-refractivity contribution is 5.87. The van der Waals surface area contributed by atoms with Gasteiger partial charge in [0.2, 0.25) is 11.8 Å². The molecule has 0 aromatic heterocycles. The number of carbonyl (C=O) groups is 2. The Morgan fingerprint density at radius 3 is 2.53 bits per heavy atom. The van der Waals surface area contributed by atoms with Crippen molar-refractivity contribution in [2.45, 2.75) is 52.6 Å². The average Bonchev–Trinajstić information content (AvgIpc) is 2.34. The van der Waals surface area contributed by atoms with Crippen molar-refractivity contribution >= 4 is 11.8 Å². The fraction of sp³-hybridized carbons (Fsp3) is 0.857. The Hall–Kier alpha value is -1.10. The van der Waals surface area contributed by atoms with Crippen LogP contribution in [0.2, 0.25) is 0 Å².